The van der Waals surface area contributed by atoms with Gasteiger partial charge in [-0.05, 0) is 56.2 Å². The topological polar surface area (TPSA) is 73.6 Å². The number of benzene rings is 1. The van der Waals surface area contributed by atoms with Crippen LogP contribution in [0.15, 0.2) is 18.2 Å². The van der Waals surface area contributed by atoms with Gasteiger partial charge in [0.25, 0.3) is 0 Å². The molecule has 0 unspecified atom stereocenters. The smallest absolute Gasteiger partial charge is 0.412 e. The highest BCUT2D eigenvalue weighted by Gasteiger charge is 2.58. The van der Waals surface area contributed by atoms with Crippen molar-refractivity contribution in [3.8, 4) is 5.75 Å². The summed E-state index contributed by atoms with van der Waals surface area (Å²) in [4.78, 5) is 11.9. The lowest BCUT2D eigenvalue weighted by atomic mass is 10.0. The van der Waals surface area contributed by atoms with Crippen molar-refractivity contribution < 1.29 is 14.3 Å². The fraction of sp³-hybridized carbons (Fsp3) is 0.611. The van der Waals surface area contributed by atoms with Crippen LogP contribution in [-0.4, -0.2) is 25.3 Å². The van der Waals surface area contributed by atoms with Crippen LogP contribution in [0, 0.1) is 11.3 Å². The molecule has 2 rings (SSSR count). The Bertz CT molecular complexity index is 590. The fourth-order valence-electron chi connectivity index (χ4n) is 3.27. The molecule has 1 aliphatic carbocycles. The van der Waals surface area contributed by atoms with Gasteiger partial charge in [0, 0.05) is 11.8 Å². The maximum absolute atomic E-state index is 11.9. The molecule has 128 valence electrons. The van der Waals surface area contributed by atoms with Crippen LogP contribution in [0.4, 0.5) is 10.5 Å². The summed E-state index contributed by atoms with van der Waals surface area (Å²) in [5.74, 6) is 1.62. The van der Waals surface area contributed by atoms with Crippen LogP contribution in [0.5, 0.6) is 5.75 Å². The number of methoxy groups -OCH3 is 1. The molecule has 1 amide bonds. The molecule has 2 atom stereocenters. The van der Waals surface area contributed by atoms with E-state index in [0.29, 0.717) is 24.1 Å². The van der Waals surface area contributed by atoms with Crippen molar-refractivity contribution >= 4 is 11.8 Å². The molecule has 0 aliphatic heterocycles. The van der Waals surface area contributed by atoms with Gasteiger partial charge in [0.1, 0.15) is 11.4 Å². The van der Waals surface area contributed by atoms with Crippen molar-refractivity contribution in [2.24, 2.45) is 17.1 Å². The van der Waals surface area contributed by atoms with Crippen LogP contribution in [0.25, 0.3) is 0 Å². The number of hydrogen-bond acceptors (Lipinski definition) is 4. The van der Waals surface area contributed by atoms with Crippen molar-refractivity contribution in [2.75, 3.05) is 19.0 Å². The van der Waals surface area contributed by atoms with Gasteiger partial charge in [-0.25, -0.2) is 4.79 Å². The van der Waals surface area contributed by atoms with E-state index in [1.54, 1.807) is 7.11 Å². The summed E-state index contributed by atoms with van der Waals surface area (Å²) >= 11 is 0. The first kappa shape index (κ1) is 17.6. The van der Waals surface area contributed by atoms with Gasteiger partial charge in [-0.2, -0.15) is 0 Å². The molecule has 1 aliphatic rings. The monoisotopic (exact) mass is 320 g/mol. The van der Waals surface area contributed by atoms with Crippen LogP contribution in [0.3, 0.4) is 0 Å². The second kappa shape index (κ2) is 6.04. The van der Waals surface area contributed by atoms with Crippen LogP contribution >= 0.6 is 0 Å². The second-order valence-corrected chi connectivity index (χ2v) is 7.72. The number of amides is 1. The zero-order valence-electron chi connectivity index (χ0n) is 14.9. The maximum atomic E-state index is 11.9. The molecule has 3 N–H and O–H groups in total. The van der Waals surface area contributed by atoms with Gasteiger partial charge < -0.3 is 15.2 Å². The van der Waals surface area contributed by atoms with Crippen LogP contribution < -0.4 is 15.8 Å². The molecule has 5 nitrogen and oxygen atoms in total. The van der Waals surface area contributed by atoms with E-state index in [9.17, 15) is 4.79 Å². The minimum Gasteiger partial charge on any atom is -0.496 e. The van der Waals surface area contributed by atoms with E-state index < -0.39 is 11.7 Å². The van der Waals surface area contributed by atoms with Crippen molar-refractivity contribution in [3.63, 3.8) is 0 Å². The van der Waals surface area contributed by atoms with Crippen LogP contribution in [0.2, 0.25) is 0 Å². The molecule has 23 heavy (non-hydrogen) atoms. The van der Waals surface area contributed by atoms with Gasteiger partial charge in [0.2, 0.25) is 0 Å². The van der Waals surface area contributed by atoms with Crippen LogP contribution in [0.1, 0.15) is 46.1 Å². The zero-order valence-corrected chi connectivity index (χ0v) is 14.9. The Morgan fingerprint density at radius 1 is 1.35 bits per heavy atom. The molecule has 1 saturated carbocycles. The van der Waals surface area contributed by atoms with Gasteiger partial charge in [0.05, 0.1) is 7.11 Å². The fourth-order valence-corrected chi connectivity index (χ4v) is 3.27. The Kier molecular flexibility index (Phi) is 4.62. The van der Waals surface area contributed by atoms with Gasteiger partial charge in [0.15, 0.2) is 0 Å². The zero-order chi connectivity index (χ0) is 17.4. The Hall–Kier alpha value is -1.75. The van der Waals surface area contributed by atoms with E-state index in [4.69, 9.17) is 15.2 Å². The van der Waals surface area contributed by atoms with Gasteiger partial charge in [-0.3, -0.25) is 5.32 Å². The minimum atomic E-state index is -0.527. The van der Waals surface area contributed by atoms with E-state index in [1.807, 2.05) is 39.0 Å². The number of carbonyl (C=O) groups excluding carboxylic acids is 1. The molecule has 1 aromatic rings. The van der Waals surface area contributed by atoms with Crippen LogP contribution in [-0.2, 0) is 4.74 Å². The number of carbonyl (C=O) groups is 1. The molecule has 1 aromatic carbocycles. The molecule has 0 heterocycles. The number of rotatable bonds is 4. The lowest BCUT2D eigenvalue weighted by Crippen LogP contribution is -2.27. The van der Waals surface area contributed by atoms with E-state index in [0.717, 1.165) is 11.3 Å². The second-order valence-electron chi connectivity index (χ2n) is 7.72. The largest absolute Gasteiger partial charge is 0.496 e. The number of ether oxygens (including phenoxy) is 2. The molecule has 0 bridgehead atoms. The predicted octanol–water partition coefficient (Wildman–Crippen LogP) is 3.74. The highest BCUT2D eigenvalue weighted by molar-refractivity contribution is 5.85. The number of nitrogens with one attached hydrogen (secondary N) is 1. The lowest BCUT2D eigenvalue weighted by Gasteiger charge is -2.20. The summed E-state index contributed by atoms with van der Waals surface area (Å²) < 4.78 is 10.8. The Labute approximate surface area is 138 Å². The lowest BCUT2D eigenvalue weighted by molar-refractivity contribution is 0.0636. The highest BCUT2D eigenvalue weighted by Crippen LogP contribution is 2.65. The molecular weight excluding hydrogens is 292 g/mol. The number of anilines is 1. The molecule has 0 aromatic heterocycles. The predicted molar refractivity (Wildman–Crippen MR) is 91.9 cm³/mol. The quantitative estimate of drug-likeness (QED) is 0.886. The highest BCUT2D eigenvalue weighted by atomic mass is 16.6. The van der Waals surface area contributed by atoms with E-state index >= 15 is 0 Å². The average molecular weight is 320 g/mol. The van der Waals surface area contributed by atoms with Crippen molar-refractivity contribution in [1.82, 2.24) is 0 Å². The number of hydrogen-bond donors (Lipinski definition) is 2. The van der Waals surface area contributed by atoms with E-state index in [1.165, 1.54) is 0 Å². The molecule has 0 radical (unpaired) electrons. The third kappa shape index (κ3) is 3.78. The Morgan fingerprint density at radius 2 is 2.00 bits per heavy atom. The molecule has 5 heteroatoms. The van der Waals surface area contributed by atoms with Crippen molar-refractivity contribution in [1.29, 1.82) is 0 Å². The third-order valence-electron chi connectivity index (χ3n) is 4.52. The summed E-state index contributed by atoms with van der Waals surface area (Å²) in [6.45, 7) is 10.6. The van der Waals surface area contributed by atoms with Crippen molar-refractivity contribution in [3.05, 3.63) is 23.8 Å². The van der Waals surface area contributed by atoms with Gasteiger partial charge >= 0.3 is 6.09 Å². The molecule has 0 saturated heterocycles. The van der Waals surface area contributed by atoms with E-state index in [-0.39, 0.29) is 5.41 Å². The first-order valence-electron chi connectivity index (χ1n) is 7.98. The van der Waals surface area contributed by atoms with Gasteiger partial charge in [-0.15, -0.1) is 0 Å². The average Bonchev–Trinajstić information content (AvgIpc) is 2.97. The summed E-state index contributed by atoms with van der Waals surface area (Å²) in [6, 6.07) is 5.72. The third-order valence-corrected chi connectivity index (χ3v) is 4.52. The molecule has 0 spiro atoms. The SMILES string of the molecule is COc1cc(NC(=O)OC(C)(C)C)ccc1[C@@H]1[C@@H](CN)C1(C)C. The summed E-state index contributed by atoms with van der Waals surface area (Å²) in [5.41, 5.74) is 7.32. The summed E-state index contributed by atoms with van der Waals surface area (Å²) in [6.07, 6.45) is -0.473. The maximum Gasteiger partial charge on any atom is 0.412 e. The van der Waals surface area contributed by atoms with Gasteiger partial charge in [-0.1, -0.05) is 19.9 Å². The Balaban J connectivity index is 2.16. The standard InChI is InChI=1S/C18H28N2O3/c1-17(2,3)23-16(21)20-11-7-8-12(14(9-11)22-6)15-13(10-19)18(15,4)5/h7-9,13,15H,10,19H2,1-6H3,(H,20,21)/t13-,15-/m1/s1. The first-order chi connectivity index (χ1) is 10.6. The summed E-state index contributed by atoms with van der Waals surface area (Å²) in [7, 11) is 1.64. The Morgan fingerprint density at radius 3 is 2.48 bits per heavy atom. The molecular formula is C18H28N2O3. The first-order valence-corrected chi connectivity index (χ1v) is 7.98. The van der Waals surface area contributed by atoms with Crippen molar-refractivity contribution in [2.45, 2.75) is 46.1 Å². The molecule has 1 fully saturated rings. The number of nitrogens with two attached hydrogens (primary N) is 1. The normalized spacial score (nSPS) is 22.4. The van der Waals surface area contributed by atoms with E-state index in [2.05, 4.69) is 19.2 Å². The minimum absolute atomic E-state index is 0.183. The summed E-state index contributed by atoms with van der Waals surface area (Å²) in [5, 5.41) is 2.74.